The Kier molecular flexibility index (Phi) is 5.46. The molecule has 3 rings (SSSR count). The van der Waals surface area contributed by atoms with Crippen molar-refractivity contribution in [1.29, 1.82) is 5.26 Å². The van der Waals surface area contributed by atoms with Gasteiger partial charge in [0.25, 0.3) is 0 Å². The summed E-state index contributed by atoms with van der Waals surface area (Å²) in [5.74, 6) is 0. The molecule has 7 heteroatoms. The molecule has 2 aromatic carbocycles. The molecule has 2 aromatic rings. The molecule has 0 aliphatic carbocycles. The number of benzene rings is 2. The van der Waals surface area contributed by atoms with Crippen molar-refractivity contribution >= 4 is 24.4 Å². The van der Waals surface area contributed by atoms with Crippen LogP contribution in [0.25, 0.3) is 0 Å². The quantitative estimate of drug-likeness (QED) is 0.823. The van der Waals surface area contributed by atoms with Gasteiger partial charge in [0.05, 0.1) is 22.5 Å². The minimum absolute atomic E-state index is 0.144. The van der Waals surface area contributed by atoms with Crippen molar-refractivity contribution < 1.29 is 18.8 Å². The zero-order valence-electron chi connectivity index (χ0n) is 16.5. The molecule has 0 bridgehead atoms. The van der Waals surface area contributed by atoms with Crippen LogP contribution in [0.4, 0.5) is 10.5 Å². The van der Waals surface area contributed by atoms with Gasteiger partial charge < -0.3 is 14.0 Å². The van der Waals surface area contributed by atoms with Gasteiger partial charge in [0, 0.05) is 0 Å². The highest BCUT2D eigenvalue weighted by Crippen LogP contribution is 2.36. The fourth-order valence-electron chi connectivity index (χ4n) is 2.76. The molecule has 1 heterocycles. The van der Waals surface area contributed by atoms with Crippen molar-refractivity contribution in [2.75, 3.05) is 5.32 Å². The van der Waals surface area contributed by atoms with Crippen LogP contribution in [-0.2, 0) is 20.7 Å². The van der Waals surface area contributed by atoms with Gasteiger partial charge in [-0.25, -0.2) is 4.79 Å². The van der Waals surface area contributed by atoms with E-state index in [1.54, 1.807) is 18.2 Å². The monoisotopic (exact) mass is 378 g/mol. The maximum atomic E-state index is 12.2. The van der Waals surface area contributed by atoms with E-state index in [0.717, 1.165) is 11.0 Å². The molecule has 0 unspecified atom stereocenters. The summed E-state index contributed by atoms with van der Waals surface area (Å²) in [6.45, 7) is 8.02. The number of nitriles is 1. The van der Waals surface area contributed by atoms with E-state index in [0.29, 0.717) is 11.3 Å². The second kappa shape index (κ2) is 7.66. The third-order valence-electron chi connectivity index (χ3n) is 5.14. The number of nitrogens with one attached hydrogen (secondary N) is 1. The molecule has 1 saturated heterocycles. The van der Waals surface area contributed by atoms with E-state index >= 15 is 0 Å². The maximum absolute atomic E-state index is 12.2. The van der Waals surface area contributed by atoms with Crippen LogP contribution in [0.15, 0.2) is 48.5 Å². The Morgan fingerprint density at radius 2 is 1.75 bits per heavy atom. The van der Waals surface area contributed by atoms with E-state index in [9.17, 15) is 10.1 Å². The Morgan fingerprint density at radius 3 is 2.36 bits per heavy atom. The van der Waals surface area contributed by atoms with Crippen LogP contribution in [0, 0.1) is 11.3 Å². The fourth-order valence-corrected chi connectivity index (χ4v) is 2.76. The summed E-state index contributed by atoms with van der Waals surface area (Å²) in [4.78, 5) is 12.2. The lowest BCUT2D eigenvalue weighted by molar-refractivity contribution is 0.00578. The standard InChI is InChI=1S/C21H23BN2O4/c1-20(2)21(3,4)28-22(27-20)17-11-10-16(13-23)18(12-17)24-19(25)26-14-15-8-6-5-7-9-15/h5-12H,14H2,1-4H3,(H,24,25). The number of carbonyl (C=O) groups excluding carboxylic acids is 1. The molecule has 0 spiro atoms. The molecule has 28 heavy (non-hydrogen) atoms. The lowest BCUT2D eigenvalue weighted by Gasteiger charge is -2.32. The van der Waals surface area contributed by atoms with Crippen molar-refractivity contribution in [1.82, 2.24) is 0 Å². The van der Waals surface area contributed by atoms with Gasteiger partial charge in [-0.3, -0.25) is 5.32 Å². The minimum atomic E-state index is -0.633. The first kappa shape index (κ1) is 19.9. The highest BCUT2D eigenvalue weighted by atomic mass is 16.7. The van der Waals surface area contributed by atoms with E-state index < -0.39 is 24.4 Å². The molecule has 1 N–H and O–H groups in total. The Bertz CT molecular complexity index is 890. The van der Waals surface area contributed by atoms with E-state index in [4.69, 9.17) is 14.0 Å². The molecule has 1 aliphatic rings. The summed E-state index contributed by atoms with van der Waals surface area (Å²) < 4.78 is 17.3. The third-order valence-corrected chi connectivity index (χ3v) is 5.14. The van der Waals surface area contributed by atoms with Gasteiger partial charge in [-0.05, 0) is 50.9 Å². The first-order chi connectivity index (χ1) is 13.2. The number of anilines is 1. The van der Waals surface area contributed by atoms with E-state index in [1.165, 1.54) is 0 Å². The largest absolute Gasteiger partial charge is 0.494 e. The minimum Gasteiger partial charge on any atom is -0.444 e. The predicted molar refractivity (Wildman–Crippen MR) is 107 cm³/mol. The van der Waals surface area contributed by atoms with Gasteiger partial charge in [-0.1, -0.05) is 36.4 Å². The summed E-state index contributed by atoms with van der Waals surface area (Å²) in [5, 5.41) is 12.0. The number of hydrogen-bond acceptors (Lipinski definition) is 5. The zero-order chi connectivity index (χ0) is 20.4. The number of nitrogens with zero attached hydrogens (tertiary/aromatic N) is 1. The topological polar surface area (TPSA) is 80.6 Å². The summed E-state index contributed by atoms with van der Waals surface area (Å²) in [7, 11) is -0.585. The number of hydrogen-bond donors (Lipinski definition) is 1. The maximum Gasteiger partial charge on any atom is 0.494 e. The second-order valence-corrected chi connectivity index (χ2v) is 7.69. The van der Waals surface area contributed by atoms with Crippen molar-refractivity contribution in [3.63, 3.8) is 0 Å². The van der Waals surface area contributed by atoms with E-state index in [2.05, 4.69) is 11.4 Å². The molecule has 144 valence electrons. The molecule has 1 amide bonds. The van der Waals surface area contributed by atoms with Gasteiger partial charge >= 0.3 is 13.2 Å². The second-order valence-electron chi connectivity index (χ2n) is 7.69. The summed E-state index contributed by atoms with van der Waals surface area (Å²) in [5.41, 5.74) is 1.33. The average molecular weight is 378 g/mol. The van der Waals surface area contributed by atoms with Crippen molar-refractivity contribution in [2.45, 2.75) is 45.5 Å². The molecular weight excluding hydrogens is 355 g/mol. The SMILES string of the molecule is CC1(C)OB(c2ccc(C#N)c(NC(=O)OCc3ccccc3)c2)OC1(C)C. The van der Waals surface area contributed by atoms with Gasteiger partial charge in [-0.2, -0.15) is 5.26 Å². The van der Waals surface area contributed by atoms with Gasteiger partial charge in [0.2, 0.25) is 0 Å². The summed E-state index contributed by atoms with van der Waals surface area (Å²) >= 11 is 0. The van der Waals surface area contributed by atoms with Gasteiger partial charge in [-0.15, -0.1) is 0 Å². The lowest BCUT2D eigenvalue weighted by Crippen LogP contribution is -2.41. The fraction of sp³-hybridized carbons (Fsp3) is 0.333. The highest BCUT2D eigenvalue weighted by Gasteiger charge is 2.51. The summed E-state index contributed by atoms with van der Waals surface area (Å²) in [6.07, 6.45) is -0.633. The number of amides is 1. The van der Waals surface area contributed by atoms with Crippen LogP contribution in [0.3, 0.4) is 0 Å². The number of ether oxygens (including phenoxy) is 1. The Balaban J connectivity index is 1.73. The van der Waals surface area contributed by atoms with Gasteiger partial charge in [0.15, 0.2) is 0 Å². The molecule has 1 fully saturated rings. The number of carbonyl (C=O) groups is 1. The Morgan fingerprint density at radius 1 is 1.11 bits per heavy atom. The van der Waals surface area contributed by atoms with Crippen LogP contribution in [0.2, 0.25) is 0 Å². The summed E-state index contributed by atoms with van der Waals surface area (Å²) in [6, 6.07) is 16.5. The smallest absolute Gasteiger partial charge is 0.444 e. The van der Waals surface area contributed by atoms with Crippen LogP contribution in [0.5, 0.6) is 0 Å². The zero-order valence-corrected chi connectivity index (χ0v) is 16.5. The highest BCUT2D eigenvalue weighted by molar-refractivity contribution is 6.62. The van der Waals surface area contributed by atoms with Crippen LogP contribution >= 0.6 is 0 Å². The first-order valence-corrected chi connectivity index (χ1v) is 9.09. The van der Waals surface area contributed by atoms with Crippen LogP contribution in [-0.4, -0.2) is 24.4 Å². The van der Waals surface area contributed by atoms with Gasteiger partial charge in [0.1, 0.15) is 12.7 Å². The van der Waals surface area contributed by atoms with Crippen molar-refractivity contribution in [3.8, 4) is 6.07 Å². The first-order valence-electron chi connectivity index (χ1n) is 9.09. The third kappa shape index (κ3) is 4.19. The van der Waals surface area contributed by atoms with E-state index in [-0.39, 0.29) is 6.61 Å². The molecular formula is C21H23BN2O4. The van der Waals surface area contributed by atoms with Crippen molar-refractivity contribution in [2.24, 2.45) is 0 Å². The Hall–Kier alpha value is -2.82. The molecule has 1 aliphatic heterocycles. The molecule has 0 saturated carbocycles. The lowest BCUT2D eigenvalue weighted by atomic mass is 9.78. The van der Waals surface area contributed by atoms with Crippen molar-refractivity contribution in [3.05, 3.63) is 59.7 Å². The van der Waals surface area contributed by atoms with E-state index in [1.807, 2.05) is 58.0 Å². The number of rotatable bonds is 4. The molecule has 0 aromatic heterocycles. The average Bonchev–Trinajstić information content (AvgIpc) is 2.88. The van der Waals surface area contributed by atoms with Crippen LogP contribution < -0.4 is 10.8 Å². The molecule has 0 atom stereocenters. The molecule has 6 nitrogen and oxygen atoms in total. The normalized spacial score (nSPS) is 17.0. The molecule has 0 radical (unpaired) electrons. The predicted octanol–water partition coefficient (Wildman–Crippen LogP) is 3.61. The van der Waals surface area contributed by atoms with Crippen LogP contribution in [0.1, 0.15) is 38.8 Å². The Labute approximate surface area is 165 Å².